The number of benzene rings is 3. The van der Waals surface area contributed by atoms with Gasteiger partial charge in [0, 0.05) is 65.8 Å². The average molecular weight is 577 g/mol. The number of nitriles is 1. The monoisotopic (exact) mass is 577 g/mol. The Kier molecular flexibility index (Phi) is 8.83. The molecule has 0 unspecified atom stereocenters. The topological polar surface area (TPSA) is 81.2 Å². The Hall–Kier alpha value is -3.38. The minimum absolute atomic E-state index is 0. The molecule has 1 aromatic heterocycles. The summed E-state index contributed by atoms with van der Waals surface area (Å²) < 4.78 is 0. The summed E-state index contributed by atoms with van der Waals surface area (Å²) in [7, 11) is 0. The van der Waals surface area contributed by atoms with Crippen molar-refractivity contribution >= 4 is 34.5 Å². The molecular formula is C29H20N4O2SY-. The molecule has 0 aliphatic carbocycles. The Bertz CT molecular complexity index is 1570. The van der Waals surface area contributed by atoms with Gasteiger partial charge in [0.15, 0.2) is 0 Å². The summed E-state index contributed by atoms with van der Waals surface area (Å²) in [6, 6.07) is 30.1. The number of hydrogen-bond donors (Lipinski definition) is 1. The Labute approximate surface area is 244 Å². The van der Waals surface area contributed by atoms with E-state index in [1.54, 1.807) is 6.08 Å². The zero-order chi connectivity index (χ0) is 24.9. The fraction of sp³-hybridized carbons (Fsp3) is 0.0345. The predicted octanol–water partition coefficient (Wildman–Crippen LogP) is 5.87. The third-order valence-electron chi connectivity index (χ3n) is 5.67. The maximum absolute atomic E-state index is 9.15. The van der Waals surface area contributed by atoms with Crippen LogP contribution in [-0.4, -0.2) is 11.9 Å². The summed E-state index contributed by atoms with van der Waals surface area (Å²) >= 11 is 1.50. The van der Waals surface area contributed by atoms with Crippen LogP contribution in [0.3, 0.4) is 0 Å². The smallest absolute Gasteiger partial charge is 0.130 e. The average Bonchev–Trinajstić information content (AvgIpc) is 3.59. The Morgan fingerprint density at radius 2 is 1.62 bits per heavy atom. The van der Waals surface area contributed by atoms with Gasteiger partial charge in [0.2, 0.25) is 0 Å². The van der Waals surface area contributed by atoms with Crippen molar-refractivity contribution in [3.63, 3.8) is 0 Å². The maximum Gasteiger partial charge on any atom is 0.130 e. The van der Waals surface area contributed by atoms with Crippen molar-refractivity contribution in [2.75, 3.05) is 11.6 Å². The van der Waals surface area contributed by atoms with E-state index in [-0.39, 0.29) is 38.3 Å². The molecule has 0 atom stereocenters. The normalized spacial score (nSPS) is 11.8. The number of anilines is 2. The summed E-state index contributed by atoms with van der Waals surface area (Å²) in [5.41, 5.74) is 4.78. The summed E-state index contributed by atoms with van der Waals surface area (Å²) in [5.74, 6) is 0. The van der Waals surface area contributed by atoms with Crippen molar-refractivity contribution in [3.05, 3.63) is 125 Å². The molecule has 2 radical (unpaired) electrons. The Morgan fingerprint density at radius 1 is 0.973 bits per heavy atom. The van der Waals surface area contributed by atoms with Crippen molar-refractivity contribution in [1.29, 1.82) is 5.26 Å². The van der Waals surface area contributed by atoms with E-state index in [1.165, 1.54) is 11.3 Å². The van der Waals surface area contributed by atoms with Gasteiger partial charge in [0.25, 0.3) is 0 Å². The second kappa shape index (κ2) is 12.2. The van der Waals surface area contributed by atoms with Gasteiger partial charge < -0.3 is 4.90 Å². The van der Waals surface area contributed by atoms with Crippen molar-refractivity contribution in [1.82, 2.24) is 0 Å². The van der Waals surface area contributed by atoms with Crippen LogP contribution in [0.15, 0.2) is 107 Å². The first-order chi connectivity index (χ1) is 17.7. The van der Waals surface area contributed by atoms with Crippen LogP contribution in [0, 0.1) is 17.9 Å². The van der Waals surface area contributed by atoms with E-state index < -0.39 is 0 Å². The molecule has 2 heterocycles. The molecule has 0 saturated carbocycles. The Morgan fingerprint density at radius 3 is 2.24 bits per heavy atom. The first-order valence-corrected chi connectivity index (χ1v) is 11.9. The van der Waals surface area contributed by atoms with Gasteiger partial charge in [-0.15, -0.1) is 17.4 Å². The number of thiophene rings is 1. The third-order valence-corrected chi connectivity index (χ3v) is 6.74. The molecule has 5 rings (SSSR count). The molecule has 37 heavy (non-hydrogen) atoms. The number of fused-ring (bicyclic) bond motifs is 1. The minimum atomic E-state index is 0. The Balaban J connectivity index is 0.00000320. The largest absolute Gasteiger partial charge is 0.310 e. The van der Waals surface area contributed by atoms with Gasteiger partial charge >= 0.3 is 0 Å². The molecule has 1 N–H and O–H groups in total. The molecule has 0 bridgehead atoms. The molecule has 0 amide bonds. The summed E-state index contributed by atoms with van der Waals surface area (Å²) in [6.07, 6.45) is 1.60. The first kappa shape index (κ1) is 26.7. The van der Waals surface area contributed by atoms with Gasteiger partial charge in [0.05, 0.1) is 10.7 Å². The molecule has 1 aliphatic heterocycles. The van der Waals surface area contributed by atoms with Crippen LogP contribution < -0.4 is 15.6 Å². The van der Waals surface area contributed by atoms with Gasteiger partial charge in [-0.1, -0.05) is 66.8 Å². The van der Waals surface area contributed by atoms with Gasteiger partial charge in [-0.3, -0.25) is 25.4 Å². The van der Waals surface area contributed by atoms with Gasteiger partial charge in [-0.2, -0.15) is 0 Å². The van der Waals surface area contributed by atoms with Gasteiger partial charge in [-0.25, -0.2) is 0 Å². The molecule has 3 aromatic carbocycles. The summed E-state index contributed by atoms with van der Waals surface area (Å²) in [6.45, 7) is 6.97. The molecular weight excluding hydrogens is 557 g/mol. The van der Waals surface area contributed by atoms with Crippen molar-refractivity contribution in [3.8, 4) is 16.5 Å². The number of hydrogen-bond acceptors (Lipinski definition) is 7. The van der Waals surface area contributed by atoms with Crippen LogP contribution in [0.1, 0.15) is 10.4 Å². The zero-order valence-corrected chi connectivity index (χ0v) is 23.4. The van der Waals surface area contributed by atoms with E-state index in [4.69, 9.17) is 15.5 Å². The van der Waals surface area contributed by atoms with Crippen LogP contribution in [0.25, 0.3) is 22.2 Å². The number of rotatable bonds is 8. The summed E-state index contributed by atoms with van der Waals surface area (Å²) in [5, 5.41) is 19.3. The van der Waals surface area contributed by atoms with Crippen LogP contribution in [0.5, 0.6) is 0 Å². The van der Waals surface area contributed by atoms with Crippen LogP contribution >= 0.6 is 11.3 Å². The van der Waals surface area contributed by atoms with Crippen molar-refractivity contribution in [2.45, 2.75) is 0 Å². The second-order valence-electron chi connectivity index (χ2n) is 7.83. The van der Waals surface area contributed by atoms with Crippen LogP contribution in [0.4, 0.5) is 11.4 Å². The quantitative estimate of drug-likeness (QED) is 0.123. The van der Waals surface area contributed by atoms with Crippen molar-refractivity contribution < 1.29 is 42.9 Å². The van der Waals surface area contributed by atoms with E-state index in [9.17, 15) is 0 Å². The minimum Gasteiger partial charge on any atom is -0.310 e. The first-order valence-electron chi connectivity index (χ1n) is 11.1. The molecule has 178 valence electrons. The maximum atomic E-state index is 9.15. The van der Waals surface area contributed by atoms with Gasteiger partial charge in [0.1, 0.15) is 6.67 Å². The number of para-hydroxylation sites is 2. The molecule has 0 saturated heterocycles. The summed E-state index contributed by atoms with van der Waals surface area (Å²) in [4.78, 5) is 17.2. The zero-order valence-electron chi connectivity index (χ0n) is 19.7. The fourth-order valence-electron chi connectivity index (χ4n) is 4.09. The predicted molar refractivity (Wildman–Crippen MR) is 142 cm³/mol. The molecule has 1 aliphatic rings. The van der Waals surface area contributed by atoms with E-state index in [0.717, 1.165) is 48.7 Å². The van der Waals surface area contributed by atoms with Crippen LogP contribution in [0.2, 0.25) is 0 Å². The van der Waals surface area contributed by atoms with Gasteiger partial charge in [-0.05, 0) is 47.9 Å². The molecule has 4 aromatic rings. The molecule has 0 spiro atoms. The van der Waals surface area contributed by atoms with E-state index in [1.807, 2.05) is 66.7 Å². The number of nitrogens with zero attached hydrogens (tertiary/aromatic N) is 4. The van der Waals surface area contributed by atoms with E-state index in [0.29, 0.717) is 6.67 Å². The van der Waals surface area contributed by atoms with Crippen molar-refractivity contribution in [2.24, 2.45) is 9.98 Å². The second-order valence-corrected chi connectivity index (χ2v) is 8.95. The van der Waals surface area contributed by atoms with E-state index >= 15 is 0 Å². The van der Waals surface area contributed by atoms with Crippen LogP contribution in [-0.2, 0) is 37.6 Å². The fourth-order valence-corrected chi connectivity index (χ4v) is 5.07. The molecule has 8 heteroatoms. The SMILES string of the molecule is C=C(c1ccc(-c2ccc(/C=C(/C#N)[C-]OO)s2)c2c1=NCN=2)N(c1ccccc1)c1ccccc1.[Y]. The molecule has 6 nitrogen and oxygen atoms in total. The third kappa shape index (κ3) is 5.64. The van der Waals surface area contributed by atoms with E-state index in [2.05, 4.69) is 52.2 Å². The molecule has 0 fully saturated rings. The standard InChI is InChI=1S/C29H20N4O2S.Y/c1-20(33(22-8-4-2-5-9-22)23-10-6-3-7-11-23)25-13-14-26(29-28(25)31-19-32-29)27-15-12-24(36-27)16-21(17-30)18-35-34;/h2-16,34H,1,19H2;/q-1;/b21-16-;.